The fourth-order valence-corrected chi connectivity index (χ4v) is 3.67. The van der Waals surface area contributed by atoms with Crippen LogP contribution in [0, 0.1) is 0 Å². The molecule has 0 aliphatic carbocycles. The summed E-state index contributed by atoms with van der Waals surface area (Å²) in [6.07, 6.45) is 5.94. The van der Waals surface area contributed by atoms with Crippen LogP contribution in [0.4, 0.5) is 0 Å². The van der Waals surface area contributed by atoms with Crippen LogP contribution in [0.2, 0.25) is 0 Å². The minimum Gasteiger partial charge on any atom is -0.329 e. The highest BCUT2D eigenvalue weighted by Gasteiger charge is 2.27. The Morgan fingerprint density at radius 3 is 2.65 bits per heavy atom. The molecule has 2 N–H and O–H groups in total. The fourth-order valence-electron chi connectivity index (χ4n) is 2.04. The first-order valence-corrected chi connectivity index (χ1v) is 8.61. The normalized spacial score (nSPS) is 12.5. The van der Waals surface area contributed by atoms with Crippen molar-refractivity contribution in [2.75, 3.05) is 13.1 Å². The monoisotopic (exact) mass is 302 g/mol. The number of unbranched alkanes of at least 4 members (excludes halogenated alkanes) is 2. The number of aromatic nitrogens is 2. The van der Waals surface area contributed by atoms with Crippen molar-refractivity contribution in [2.24, 2.45) is 5.73 Å². The minimum absolute atomic E-state index is 0.0604. The number of hydrogen-bond donors (Lipinski definition) is 1. The van der Waals surface area contributed by atoms with Gasteiger partial charge in [0.1, 0.15) is 4.90 Å². The fraction of sp³-hybridized carbons (Fsp3) is 0.769. The van der Waals surface area contributed by atoms with Crippen molar-refractivity contribution < 1.29 is 8.42 Å². The first kappa shape index (κ1) is 17.1. The first-order chi connectivity index (χ1) is 9.43. The summed E-state index contributed by atoms with van der Waals surface area (Å²) < 4.78 is 28.4. The third kappa shape index (κ3) is 4.29. The van der Waals surface area contributed by atoms with Crippen LogP contribution in [0.1, 0.15) is 40.0 Å². The molecule has 116 valence electrons. The van der Waals surface area contributed by atoms with Crippen molar-refractivity contribution in [3.63, 3.8) is 0 Å². The van der Waals surface area contributed by atoms with Gasteiger partial charge in [-0.3, -0.25) is 4.68 Å². The number of rotatable bonds is 9. The summed E-state index contributed by atoms with van der Waals surface area (Å²) in [5, 5.41) is 4.04. The predicted molar refractivity (Wildman–Crippen MR) is 79.8 cm³/mol. The van der Waals surface area contributed by atoms with E-state index in [2.05, 4.69) is 12.0 Å². The first-order valence-electron chi connectivity index (χ1n) is 7.17. The van der Waals surface area contributed by atoms with Crippen molar-refractivity contribution >= 4 is 10.0 Å². The molecule has 0 saturated carbocycles. The lowest BCUT2D eigenvalue weighted by Crippen LogP contribution is -2.37. The molecule has 0 amide bonds. The van der Waals surface area contributed by atoms with Gasteiger partial charge in [0.05, 0.1) is 12.7 Å². The third-order valence-electron chi connectivity index (χ3n) is 3.13. The van der Waals surface area contributed by atoms with Crippen molar-refractivity contribution in [3.8, 4) is 0 Å². The molecular formula is C13H26N4O2S. The molecule has 1 heterocycles. The molecule has 0 aliphatic rings. The Labute approximate surface area is 122 Å². The van der Waals surface area contributed by atoms with Gasteiger partial charge in [-0.1, -0.05) is 19.8 Å². The van der Waals surface area contributed by atoms with Gasteiger partial charge in [0.2, 0.25) is 10.0 Å². The molecule has 0 atom stereocenters. The van der Waals surface area contributed by atoms with Gasteiger partial charge in [-0.05, 0) is 20.3 Å². The lowest BCUT2D eigenvalue weighted by atomic mass is 10.2. The maximum absolute atomic E-state index is 12.6. The molecular weight excluding hydrogens is 276 g/mol. The lowest BCUT2D eigenvalue weighted by Gasteiger charge is -2.25. The lowest BCUT2D eigenvalue weighted by molar-refractivity contribution is 0.345. The van der Waals surface area contributed by atoms with E-state index in [4.69, 9.17) is 5.73 Å². The maximum atomic E-state index is 12.6. The maximum Gasteiger partial charge on any atom is 0.246 e. The summed E-state index contributed by atoms with van der Waals surface area (Å²) in [4.78, 5) is 0.246. The second-order valence-electron chi connectivity index (χ2n) is 5.14. The van der Waals surface area contributed by atoms with Gasteiger partial charge in [-0.2, -0.15) is 9.40 Å². The van der Waals surface area contributed by atoms with Crippen LogP contribution in [0.3, 0.4) is 0 Å². The zero-order valence-electron chi connectivity index (χ0n) is 12.6. The zero-order chi connectivity index (χ0) is 15.2. The molecule has 7 heteroatoms. The van der Waals surface area contributed by atoms with E-state index in [1.54, 1.807) is 15.2 Å². The van der Waals surface area contributed by atoms with Crippen molar-refractivity contribution in [1.82, 2.24) is 14.1 Å². The molecule has 1 aromatic rings. The van der Waals surface area contributed by atoms with E-state index in [0.717, 1.165) is 19.3 Å². The molecule has 1 rings (SSSR count). The molecule has 0 aromatic carbocycles. The van der Waals surface area contributed by atoms with E-state index in [9.17, 15) is 8.42 Å². The average molecular weight is 302 g/mol. The van der Waals surface area contributed by atoms with Crippen molar-refractivity contribution in [1.29, 1.82) is 0 Å². The smallest absolute Gasteiger partial charge is 0.246 e. The summed E-state index contributed by atoms with van der Waals surface area (Å²) >= 11 is 0. The molecule has 0 saturated heterocycles. The predicted octanol–water partition coefficient (Wildman–Crippen LogP) is 1.43. The van der Waals surface area contributed by atoms with Gasteiger partial charge in [0, 0.05) is 25.3 Å². The Balaban J connectivity index is 2.90. The van der Waals surface area contributed by atoms with Gasteiger partial charge in [-0.15, -0.1) is 0 Å². The highest BCUT2D eigenvalue weighted by molar-refractivity contribution is 7.89. The van der Waals surface area contributed by atoms with Gasteiger partial charge >= 0.3 is 0 Å². The molecule has 0 unspecified atom stereocenters. The molecule has 6 nitrogen and oxygen atoms in total. The SMILES string of the molecule is CCCCCN(C(C)C)S(=O)(=O)c1cnn(CCN)c1. The Bertz CT molecular complexity index is 496. The number of nitrogens with two attached hydrogens (primary N) is 1. The Kier molecular flexibility index (Phi) is 6.64. The van der Waals surface area contributed by atoms with Gasteiger partial charge < -0.3 is 5.73 Å². The highest BCUT2D eigenvalue weighted by atomic mass is 32.2. The average Bonchev–Trinajstić information content (AvgIpc) is 2.83. The van der Waals surface area contributed by atoms with Crippen molar-refractivity contribution in [2.45, 2.75) is 57.5 Å². The van der Waals surface area contributed by atoms with E-state index >= 15 is 0 Å². The van der Waals surface area contributed by atoms with E-state index in [1.165, 1.54) is 6.20 Å². The van der Waals surface area contributed by atoms with Crippen LogP contribution in [-0.4, -0.2) is 41.6 Å². The Hall–Kier alpha value is -0.920. The summed E-state index contributed by atoms with van der Waals surface area (Å²) in [5.74, 6) is 0. The van der Waals surface area contributed by atoms with Crippen LogP contribution in [-0.2, 0) is 16.6 Å². The second kappa shape index (κ2) is 7.75. The van der Waals surface area contributed by atoms with Gasteiger partial charge in [-0.25, -0.2) is 8.42 Å². The largest absolute Gasteiger partial charge is 0.329 e. The second-order valence-corrected chi connectivity index (χ2v) is 7.03. The summed E-state index contributed by atoms with van der Waals surface area (Å²) in [6, 6.07) is -0.0604. The van der Waals surface area contributed by atoms with Crippen LogP contribution in [0.5, 0.6) is 0 Å². The zero-order valence-corrected chi connectivity index (χ0v) is 13.4. The Morgan fingerprint density at radius 2 is 2.10 bits per heavy atom. The number of sulfonamides is 1. The number of hydrogen-bond acceptors (Lipinski definition) is 4. The molecule has 0 spiro atoms. The summed E-state index contributed by atoms with van der Waals surface area (Å²) in [6.45, 7) is 7.40. The van der Waals surface area contributed by atoms with Crippen LogP contribution < -0.4 is 5.73 Å². The molecule has 0 radical (unpaired) electrons. The van der Waals surface area contributed by atoms with E-state index in [-0.39, 0.29) is 10.9 Å². The molecule has 1 aromatic heterocycles. The standard InChI is InChI=1S/C13H26N4O2S/c1-4-5-6-8-17(12(2)3)20(18,19)13-10-15-16(11-13)9-7-14/h10-12H,4-9,14H2,1-3H3. The number of nitrogens with zero attached hydrogens (tertiary/aromatic N) is 3. The molecule has 0 bridgehead atoms. The topological polar surface area (TPSA) is 81.2 Å². The highest BCUT2D eigenvalue weighted by Crippen LogP contribution is 2.18. The summed E-state index contributed by atoms with van der Waals surface area (Å²) in [5.41, 5.74) is 5.45. The Morgan fingerprint density at radius 1 is 1.40 bits per heavy atom. The van der Waals surface area contributed by atoms with Crippen LogP contribution in [0.25, 0.3) is 0 Å². The summed E-state index contributed by atoms with van der Waals surface area (Å²) in [7, 11) is -3.47. The van der Waals surface area contributed by atoms with Crippen molar-refractivity contribution in [3.05, 3.63) is 12.4 Å². The molecule has 0 fully saturated rings. The van der Waals surface area contributed by atoms with Crippen LogP contribution in [0.15, 0.2) is 17.3 Å². The van der Waals surface area contributed by atoms with Gasteiger partial charge in [0.15, 0.2) is 0 Å². The molecule has 20 heavy (non-hydrogen) atoms. The quantitative estimate of drug-likeness (QED) is 0.700. The van der Waals surface area contributed by atoms with E-state index in [0.29, 0.717) is 19.6 Å². The minimum atomic E-state index is -3.47. The third-order valence-corrected chi connectivity index (χ3v) is 5.16. The van der Waals surface area contributed by atoms with Crippen LogP contribution >= 0.6 is 0 Å². The van der Waals surface area contributed by atoms with Gasteiger partial charge in [0.25, 0.3) is 0 Å². The van der Waals surface area contributed by atoms with E-state index < -0.39 is 10.0 Å². The molecule has 0 aliphatic heterocycles. The van der Waals surface area contributed by atoms with E-state index in [1.807, 2.05) is 13.8 Å².